The summed E-state index contributed by atoms with van der Waals surface area (Å²) < 4.78 is 28.6. The van der Waals surface area contributed by atoms with Gasteiger partial charge in [-0.15, -0.1) is 0 Å². The zero-order valence-corrected chi connectivity index (χ0v) is 12.9. The van der Waals surface area contributed by atoms with Gasteiger partial charge in [-0.05, 0) is 36.8 Å². The average Bonchev–Trinajstić information content (AvgIpc) is 2.58. The Hall–Kier alpha value is -3.02. The van der Waals surface area contributed by atoms with Gasteiger partial charge in [-0.25, -0.2) is 9.97 Å². The maximum absolute atomic E-state index is 12.1. The van der Waals surface area contributed by atoms with Gasteiger partial charge in [0.05, 0.1) is 0 Å². The highest BCUT2D eigenvalue weighted by Gasteiger charge is 2.05. The predicted molar refractivity (Wildman–Crippen MR) is 88.6 cm³/mol. The Morgan fingerprint density at radius 3 is 2.08 bits per heavy atom. The highest BCUT2D eigenvalue weighted by atomic mass is 19.3. The third-order valence-electron chi connectivity index (χ3n) is 3.37. The lowest BCUT2D eigenvalue weighted by Gasteiger charge is -2.07. The molecule has 3 aromatic rings. The smallest absolute Gasteiger partial charge is 0.387 e. The lowest BCUT2D eigenvalue weighted by molar-refractivity contribution is -0.0498. The molecule has 24 heavy (non-hydrogen) atoms. The second kappa shape index (κ2) is 7.04. The normalized spacial score (nSPS) is 10.7. The van der Waals surface area contributed by atoms with Crippen LogP contribution in [0.1, 0.15) is 5.56 Å². The fourth-order valence-corrected chi connectivity index (χ4v) is 2.14. The van der Waals surface area contributed by atoms with Crippen LogP contribution in [-0.4, -0.2) is 16.6 Å². The van der Waals surface area contributed by atoms with Gasteiger partial charge < -0.3 is 10.1 Å². The number of aryl methyl sites for hydroxylation is 1. The SMILES string of the molecule is Cc1ccc(Nc2ncc(-c3ccc(OC(F)F)cc3)cn2)cc1. The van der Waals surface area contributed by atoms with Gasteiger partial charge in [0.1, 0.15) is 5.75 Å². The number of nitrogens with zero attached hydrogens (tertiary/aromatic N) is 2. The summed E-state index contributed by atoms with van der Waals surface area (Å²) in [5.41, 5.74) is 3.68. The van der Waals surface area contributed by atoms with Crippen LogP contribution in [-0.2, 0) is 0 Å². The molecule has 122 valence electrons. The third kappa shape index (κ3) is 4.04. The van der Waals surface area contributed by atoms with Crippen molar-refractivity contribution in [3.8, 4) is 16.9 Å². The summed E-state index contributed by atoms with van der Waals surface area (Å²) in [6.45, 7) is -0.807. The Labute approximate surface area is 138 Å². The van der Waals surface area contributed by atoms with Crippen molar-refractivity contribution in [2.75, 3.05) is 5.32 Å². The minimum absolute atomic E-state index is 0.118. The lowest BCUT2D eigenvalue weighted by atomic mass is 10.1. The first-order valence-corrected chi connectivity index (χ1v) is 7.31. The van der Waals surface area contributed by atoms with Crippen LogP contribution in [0.2, 0.25) is 0 Å². The molecule has 3 rings (SSSR count). The summed E-state index contributed by atoms with van der Waals surface area (Å²) in [6, 6.07) is 14.2. The Kier molecular flexibility index (Phi) is 4.65. The molecule has 0 fully saturated rings. The molecule has 0 aliphatic heterocycles. The van der Waals surface area contributed by atoms with Crippen molar-refractivity contribution in [2.45, 2.75) is 13.5 Å². The van der Waals surface area contributed by atoms with Gasteiger partial charge in [0.25, 0.3) is 0 Å². The molecular formula is C18H15F2N3O. The van der Waals surface area contributed by atoms with Crippen LogP contribution in [0.25, 0.3) is 11.1 Å². The van der Waals surface area contributed by atoms with E-state index in [0.29, 0.717) is 5.95 Å². The van der Waals surface area contributed by atoms with Crippen LogP contribution >= 0.6 is 0 Å². The van der Waals surface area contributed by atoms with Gasteiger partial charge in [0, 0.05) is 23.6 Å². The molecule has 0 bridgehead atoms. The zero-order chi connectivity index (χ0) is 16.9. The molecule has 1 aromatic heterocycles. The molecule has 0 radical (unpaired) electrons. The number of ether oxygens (including phenoxy) is 1. The summed E-state index contributed by atoms with van der Waals surface area (Å²) in [5.74, 6) is 0.604. The van der Waals surface area contributed by atoms with Gasteiger partial charge in [0.15, 0.2) is 0 Å². The Morgan fingerprint density at radius 2 is 1.50 bits per heavy atom. The van der Waals surface area contributed by atoms with E-state index in [1.807, 2.05) is 31.2 Å². The molecule has 0 aliphatic carbocycles. The van der Waals surface area contributed by atoms with Crippen LogP contribution in [0.4, 0.5) is 20.4 Å². The van der Waals surface area contributed by atoms with Gasteiger partial charge >= 0.3 is 6.61 Å². The van der Waals surface area contributed by atoms with E-state index in [1.165, 1.54) is 17.7 Å². The second-order valence-electron chi connectivity index (χ2n) is 5.19. The van der Waals surface area contributed by atoms with Crippen LogP contribution in [0.15, 0.2) is 60.9 Å². The first kappa shape index (κ1) is 15.9. The highest BCUT2D eigenvalue weighted by molar-refractivity contribution is 5.63. The van der Waals surface area contributed by atoms with Crippen LogP contribution in [0.5, 0.6) is 5.75 Å². The monoisotopic (exact) mass is 327 g/mol. The predicted octanol–water partition coefficient (Wildman–Crippen LogP) is 4.80. The largest absolute Gasteiger partial charge is 0.435 e. The Balaban J connectivity index is 1.70. The molecule has 0 spiro atoms. The first-order chi connectivity index (χ1) is 11.6. The first-order valence-electron chi connectivity index (χ1n) is 7.31. The Morgan fingerprint density at radius 1 is 0.875 bits per heavy atom. The van der Waals surface area contributed by atoms with Crippen molar-refractivity contribution in [3.63, 3.8) is 0 Å². The molecule has 0 amide bonds. The fourth-order valence-electron chi connectivity index (χ4n) is 2.14. The molecule has 0 saturated carbocycles. The molecule has 0 aliphatic rings. The van der Waals surface area contributed by atoms with Crippen molar-refractivity contribution in [1.29, 1.82) is 0 Å². The van der Waals surface area contributed by atoms with Gasteiger partial charge in [-0.1, -0.05) is 29.8 Å². The Bertz CT molecular complexity index is 788. The topological polar surface area (TPSA) is 47.0 Å². The third-order valence-corrected chi connectivity index (χ3v) is 3.37. The number of rotatable bonds is 5. The molecule has 2 aromatic carbocycles. The number of alkyl halides is 2. The average molecular weight is 327 g/mol. The summed E-state index contributed by atoms with van der Waals surface area (Å²) in [5, 5.41) is 3.11. The number of aromatic nitrogens is 2. The van der Waals surface area contributed by atoms with E-state index in [4.69, 9.17) is 0 Å². The van der Waals surface area contributed by atoms with Gasteiger partial charge in [-0.2, -0.15) is 8.78 Å². The number of hydrogen-bond donors (Lipinski definition) is 1. The molecule has 0 unspecified atom stereocenters. The van der Waals surface area contributed by atoms with E-state index in [-0.39, 0.29) is 5.75 Å². The zero-order valence-electron chi connectivity index (χ0n) is 12.9. The van der Waals surface area contributed by atoms with E-state index in [1.54, 1.807) is 24.5 Å². The van der Waals surface area contributed by atoms with Crippen molar-refractivity contribution >= 4 is 11.6 Å². The van der Waals surface area contributed by atoms with Gasteiger partial charge in [-0.3, -0.25) is 0 Å². The summed E-state index contributed by atoms with van der Waals surface area (Å²) in [7, 11) is 0. The molecule has 1 heterocycles. The van der Waals surface area contributed by atoms with E-state index in [0.717, 1.165) is 16.8 Å². The number of nitrogens with one attached hydrogen (secondary N) is 1. The van der Waals surface area contributed by atoms with Crippen LogP contribution in [0, 0.1) is 6.92 Å². The highest BCUT2D eigenvalue weighted by Crippen LogP contribution is 2.23. The van der Waals surface area contributed by atoms with Crippen LogP contribution in [0.3, 0.4) is 0 Å². The molecule has 0 atom stereocenters. The number of benzene rings is 2. The fraction of sp³-hybridized carbons (Fsp3) is 0.111. The second-order valence-corrected chi connectivity index (χ2v) is 5.19. The number of hydrogen-bond acceptors (Lipinski definition) is 4. The molecule has 4 nitrogen and oxygen atoms in total. The quantitative estimate of drug-likeness (QED) is 0.731. The molecule has 1 N–H and O–H groups in total. The molecular weight excluding hydrogens is 312 g/mol. The van der Waals surface area contributed by atoms with Crippen molar-refractivity contribution in [1.82, 2.24) is 9.97 Å². The standard InChI is InChI=1S/C18H15F2N3O/c1-12-2-6-15(7-3-12)23-18-21-10-14(11-22-18)13-4-8-16(9-5-13)24-17(19)20/h2-11,17H,1H3,(H,21,22,23). The maximum Gasteiger partial charge on any atom is 0.387 e. The summed E-state index contributed by atoms with van der Waals surface area (Å²) >= 11 is 0. The molecule has 6 heteroatoms. The van der Waals surface area contributed by atoms with Crippen molar-refractivity contribution in [3.05, 3.63) is 66.5 Å². The minimum Gasteiger partial charge on any atom is -0.435 e. The lowest BCUT2D eigenvalue weighted by Crippen LogP contribution is -2.01. The van der Waals surface area contributed by atoms with E-state index in [2.05, 4.69) is 20.0 Å². The number of halogens is 2. The van der Waals surface area contributed by atoms with Crippen molar-refractivity contribution < 1.29 is 13.5 Å². The van der Waals surface area contributed by atoms with E-state index in [9.17, 15) is 8.78 Å². The van der Waals surface area contributed by atoms with Gasteiger partial charge in [0.2, 0.25) is 5.95 Å². The molecule has 0 saturated heterocycles. The van der Waals surface area contributed by atoms with E-state index >= 15 is 0 Å². The summed E-state index contributed by atoms with van der Waals surface area (Å²) in [4.78, 5) is 8.54. The minimum atomic E-state index is -2.83. The maximum atomic E-state index is 12.1. The number of anilines is 2. The summed E-state index contributed by atoms with van der Waals surface area (Å²) in [6.07, 6.45) is 3.35. The van der Waals surface area contributed by atoms with Crippen molar-refractivity contribution in [2.24, 2.45) is 0 Å². The van der Waals surface area contributed by atoms with Crippen LogP contribution < -0.4 is 10.1 Å². The van der Waals surface area contributed by atoms with E-state index < -0.39 is 6.61 Å².